The average Bonchev–Trinajstić information content (AvgIpc) is 2.81. The molecule has 0 saturated carbocycles. The lowest BCUT2D eigenvalue weighted by molar-refractivity contribution is -0.143. The van der Waals surface area contributed by atoms with Gasteiger partial charge in [0.05, 0.1) is 35.0 Å². The molecule has 1 aliphatic rings. The van der Waals surface area contributed by atoms with Crippen LogP contribution in [-0.4, -0.2) is 29.9 Å². The van der Waals surface area contributed by atoms with E-state index in [4.69, 9.17) is 4.74 Å². The molecule has 15 heteroatoms. The van der Waals surface area contributed by atoms with Gasteiger partial charge in [-0.05, 0) is 60.4 Å². The minimum atomic E-state index is -5.06. The number of hydrogen-bond donors (Lipinski definition) is 2. The van der Waals surface area contributed by atoms with E-state index in [9.17, 15) is 54.2 Å². The van der Waals surface area contributed by atoms with Gasteiger partial charge in [0.15, 0.2) is 0 Å². The molecule has 2 amide bonds. The number of carbonyl (C=O) groups is 2. The monoisotopic (exact) mass is 572 g/mol. The molecule has 0 aliphatic carbocycles. The number of benzene rings is 2. The van der Waals surface area contributed by atoms with E-state index in [1.54, 1.807) is 6.92 Å². The van der Waals surface area contributed by atoms with Gasteiger partial charge < -0.3 is 15.2 Å². The highest BCUT2D eigenvalue weighted by molar-refractivity contribution is 5.89. The lowest BCUT2D eigenvalue weighted by Gasteiger charge is -2.39. The first-order chi connectivity index (χ1) is 17.9. The third-order valence-electron chi connectivity index (χ3n) is 6.10. The second kappa shape index (κ2) is 10.8. The second-order valence-corrected chi connectivity index (χ2v) is 8.72. The van der Waals surface area contributed by atoms with E-state index in [1.165, 1.54) is 0 Å². The van der Waals surface area contributed by atoms with Crippen molar-refractivity contribution in [3.63, 3.8) is 0 Å². The molecule has 0 bridgehead atoms. The van der Waals surface area contributed by atoms with Gasteiger partial charge in [0.2, 0.25) is 0 Å². The third-order valence-corrected chi connectivity index (χ3v) is 6.10. The summed E-state index contributed by atoms with van der Waals surface area (Å²) in [7, 11) is 0. The first kappa shape index (κ1) is 29.9. The van der Waals surface area contributed by atoms with Crippen LogP contribution < -0.4 is 10.2 Å². The lowest BCUT2D eigenvalue weighted by atomic mass is 9.89. The van der Waals surface area contributed by atoms with E-state index in [1.807, 2.05) is 0 Å². The largest absolute Gasteiger partial charge is 0.465 e. The molecule has 2 unspecified atom stereocenters. The van der Waals surface area contributed by atoms with Crippen molar-refractivity contribution < 1.29 is 58.9 Å². The highest BCUT2D eigenvalue weighted by atomic mass is 19.4. The Morgan fingerprint density at radius 1 is 0.923 bits per heavy atom. The highest BCUT2D eigenvalue weighted by Crippen LogP contribution is 2.42. The van der Waals surface area contributed by atoms with Crippen LogP contribution in [0, 0.1) is 0 Å². The Morgan fingerprint density at radius 3 is 1.97 bits per heavy atom. The van der Waals surface area contributed by atoms with Crippen LogP contribution in [0.5, 0.6) is 0 Å². The average molecular weight is 572 g/mol. The van der Waals surface area contributed by atoms with Crippen molar-refractivity contribution >= 4 is 17.9 Å². The van der Waals surface area contributed by atoms with Crippen molar-refractivity contribution in [1.29, 1.82) is 0 Å². The van der Waals surface area contributed by atoms with Crippen molar-refractivity contribution in [2.45, 2.75) is 56.8 Å². The summed E-state index contributed by atoms with van der Waals surface area (Å²) < 4.78 is 123. The standard InChI is InChI=1S/C24H21F9N2O4/c1-2-16-11-18(17-10-13(22(25,26)27)3-4-19(17)35(16)21(37)38)34-20(36)39-6-5-12-7-14(23(28,29)30)9-15(8-12)24(31,32)33/h3-4,7-10,16,18H,2,5-6,11H2,1H3,(H,34,36)(H,37,38). The molecular weight excluding hydrogens is 551 g/mol. The molecule has 6 nitrogen and oxygen atoms in total. The molecule has 0 fully saturated rings. The number of halogens is 9. The summed E-state index contributed by atoms with van der Waals surface area (Å²) in [5, 5.41) is 11.9. The second-order valence-electron chi connectivity index (χ2n) is 8.72. The van der Waals surface area contributed by atoms with Gasteiger partial charge in [-0.3, -0.25) is 4.90 Å². The summed E-state index contributed by atoms with van der Waals surface area (Å²) in [4.78, 5) is 25.1. The van der Waals surface area contributed by atoms with Gasteiger partial charge in [0.25, 0.3) is 0 Å². The number of fused-ring (bicyclic) bond motifs is 1. The number of carboxylic acid groups (broad SMARTS) is 1. The van der Waals surface area contributed by atoms with Gasteiger partial charge in [-0.1, -0.05) is 6.92 Å². The summed E-state index contributed by atoms with van der Waals surface area (Å²) in [6, 6.07) is 1.45. The van der Waals surface area contributed by atoms with E-state index in [0.717, 1.165) is 11.0 Å². The zero-order valence-corrected chi connectivity index (χ0v) is 20.0. The molecule has 2 aromatic carbocycles. The molecular formula is C24H21F9N2O4. The molecule has 39 heavy (non-hydrogen) atoms. The van der Waals surface area contributed by atoms with Crippen LogP contribution >= 0.6 is 0 Å². The normalized spacial score (nSPS) is 17.9. The number of nitrogens with zero attached hydrogens (tertiary/aromatic N) is 1. The molecule has 2 atom stereocenters. The van der Waals surface area contributed by atoms with Crippen LogP contribution in [-0.2, 0) is 29.7 Å². The maximum atomic E-state index is 13.3. The van der Waals surface area contributed by atoms with Gasteiger partial charge in [-0.2, -0.15) is 39.5 Å². The zero-order valence-electron chi connectivity index (χ0n) is 20.0. The van der Waals surface area contributed by atoms with E-state index < -0.39 is 78.1 Å². The van der Waals surface area contributed by atoms with Crippen molar-refractivity contribution in [1.82, 2.24) is 5.32 Å². The first-order valence-corrected chi connectivity index (χ1v) is 11.4. The van der Waals surface area contributed by atoms with Gasteiger partial charge >= 0.3 is 30.7 Å². The number of alkyl halides is 9. The maximum Gasteiger partial charge on any atom is 0.416 e. The molecule has 0 radical (unpaired) electrons. The topological polar surface area (TPSA) is 78.9 Å². The molecule has 2 aromatic rings. The van der Waals surface area contributed by atoms with Crippen LogP contribution in [0.2, 0.25) is 0 Å². The third kappa shape index (κ3) is 7.06. The number of amides is 2. The Hall–Kier alpha value is -3.65. The molecule has 0 spiro atoms. The van der Waals surface area contributed by atoms with Crippen LogP contribution in [0.4, 0.5) is 54.8 Å². The lowest BCUT2D eigenvalue weighted by Crippen LogP contribution is -2.47. The molecule has 214 valence electrons. The van der Waals surface area contributed by atoms with E-state index >= 15 is 0 Å². The molecule has 1 heterocycles. The number of alkyl carbamates (subject to hydrolysis) is 1. The number of anilines is 1. The first-order valence-electron chi connectivity index (χ1n) is 11.4. The Bertz CT molecular complexity index is 1190. The number of nitrogens with one attached hydrogen (secondary N) is 1. The fourth-order valence-electron chi connectivity index (χ4n) is 4.28. The smallest absolute Gasteiger partial charge is 0.416 e. The van der Waals surface area contributed by atoms with E-state index in [0.29, 0.717) is 24.3 Å². The minimum absolute atomic E-state index is 0.0443. The van der Waals surface area contributed by atoms with Crippen molar-refractivity contribution in [2.24, 2.45) is 0 Å². The minimum Gasteiger partial charge on any atom is -0.465 e. The summed E-state index contributed by atoms with van der Waals surface area (Å²) in [5.41, 5.74) is -4.81. The summed E-state index contributed by atoms with van der Waals surface area (Å²) in [6.07, 6.45) is -17.9. The molecule has 2 N–H and O–H groups in total. The van der Waals surface area contributed by atoms with Crippen LogP contribution in [0.1, 0.15) is 53.6 Å². The Morgan fingerprint density at radius 2 is 1.49 bits per heavy atom. The molecule has 1 aliphatic heterocycles. The van der Waals surface area contributed by atoms with Crippen molar-refractivity contribution in [2.75, 3.05) is 11.5 Å². The summed E-state index contributed by atoms with van der Waals surface area (Å²) >= 11 is 0. The molecule has 0 saturated heterocycles. The van der Waals surface area contributed by atoms with Gasteiger partial charge in [-0.25, -0.2) is 9.59 Å². The highest BCUT2D eigenvalue weighted by Gasteiger charge is 2.40. The summed E-state index contributed by atoms with van der Waals surface area (Å²) in [6.45, 7) is 0.987. The quantitative estimate of drug-likeness (QED) is 0.366. The van der Waals surface area contributed by atoms with Gasteiger partial charge in [-0.15, -0.1) is 0 Å². The van der Waals surface area contributed by atoms with Crippen LogP contribution in [0.3, 0.4) is 0 Å². The SMILES string of the molecule is CCC1CC(NC(=O)OCCc2cc(C(F)(F)F)cc(C(F)(F)F)c2)c2cc(C(F)(F)F)ccc2N1C(=O)O. The summed E-state index contributed by atoms with van der Waals surface area (Å²) in [5.74, 6) is 0. The number of rotatable bonds is 5. The van der Waals surface area contributed by atoms with E-state index in [-0.39, 0.29) is 30.2 Å². The Labute approximate surface area is 215 Å². The van der Waals surface area contributed by atoms with Crippen molar-refractivity contribution in [3.05, 3.63) is 64.2 Å². The number of carbonyl (C=O) groups excluding carboxylic acids is 1. The number of hydrogen-bond acceptors (Lipinski definition) is 3. The fourth-order valence-corrected chi connectivity index (χ4v) is 4.28. The zero-order chi connectivity index (χ0) is 29.3. The Kier molecular flexibility index (Phi) is 8.32. The molecule has 3 rings (SSSR count). The van der Waals surface area contributed by atoms with Crippen molar-refractivity contribution in [3.8, 4) is 0 Å². The fraction of sp³-hybridized carbons (Fsp3) is 0.417. The predicted molar refractivity (Wildman–Crippen MR) is 118 cm³/mol. The van der Waals surface area contributed by atoms with E-state index in [2.05, 4.69) is 5.32 Å². The Balaban J connectivity index is 1.79. The molecule has 0 aromatic heterocycles. The van der Waals surface area contributed by atoms with Crippen LogP contribution in [0.25, 0.3) is 0 Å². The van der Waals surface area contributed by atoms with Crippen LogP contribution in [0.15, 0.2) is 36.4 Å². The maximum absolute atomic E-state index is 13.3. The van der Waals surface area contributed by atoms with Gasteiger partial charge in [0.1, 0.15) is 0 Å². The predicted octanol–water partition coefficient (Wildman–Crippen LogP) is 7.42. The van der Waals surface area contributed by atoms with Gasteiger partial charge in [0, 0.05) is 12.5 Å². The number of ether oxygens (including phenoxy) is 1.